The Kier molecular flexibility index (Phi) is 5.00. The monoisotopic (exact) mass is 286 g/mol. The van der Waals surface area contributed by atoms with Crippen LogP contribution in [0.2, 0.25) is 0 Å². The standard InChI is InChI=1S/C9H16F2N2O4S/c1-18(16,17)13-4-2-3-6(13)9(15)12-5-7(14)8(10)11/h6-8,14H,2-5H2,1H3,(H,12,15). The molecule has 2 N–H and O–H groups in total. The Labute approximate surface area is 104 Å². The number of nitrogens with zero attached hydrogens (tertiary/aromatic N) is 1. The zero-order valence-electron chi connectivity index (χ0n) is 9.84. The van der Waals surface area contributed by atoms with Crippen LogP contribution in [0.3, 0.4) is 0 Å². The van der Waals surface area contributed by atoms with Gasteiger partial charge in [0.05, 0.1) is 6.26 Å². The van der Waals surface area contributed by atoms with Crippen molar-refractivity contribution in [2.45, 2.75) is 31.4 Å². The molecule has 0 saturated carbocycles. The van der Waals surface area contributed by atoms with Gasteiger partial charge in [-0.05, 0) is 12.8 Å². The molecule has 1 aliphatic heterocycles. The number of carbonyl (C=O) groups is 1. The van der Waals surface area contributed by atoms with E-state index in [2.05, 4.69) is 5.32 Å². The summed E-state index contributed by atoms with van der Waals surface area (Å²) in [6.45, 7) is -0.348. The highest BCUT2D eigenvalue weighted by molar-refractivity contribution is 7.88. The first kappa shape index (κ1) is 15.3. The number of sulfonamides is 1. The van der Waals surface area contributed by atoms with Crippen LogP contribution < -0.4 is 5.32 Å². The summed E-state index contributed by atoms with van der Waals surface area (Å²) in [4.78, 5) is 11.7. The van der Waals surface area contributed by atoms with Gasteiger partial charge in [0.1, 0.15) is 12.1 Å². The van der Waals surface area contributed by atoms with E-state index in [-0.39, 0.29) is 6.54 Å². The Bertz CT molecular complexity index is 401. The van der Waals surface area contributed by atoms with Gasteiger partial charge in [-0.25, -0.2) is 17.2 Å². The zero-order valence-corrected chi connectivity index (χ0v) is 10.7. The molecule has 106 valence electrons. The van der Waals surface area contributed by atoms with Gasteiger partial charge in [-0.15, -0.1) is 0 Å². The normalized spacial score (nSPS) is 23.3. The summed E-state index contributed by atoms with van der Waals surface area (Å²) in [6.07, 6.45) is -3.00. The van der Waals surface area contributed by atoms with Gasteiger partial charge in [0.2, 0.25) is 15.9 Å². The highest BCUT2D eigenvalue weighted by Gasteiger charge is 2.36. The second kappa shape index (κ2) is 5.89. The van der Waals surface area contributed by atoms with E-state index in [4.69, 9.17) is 5.11 Å². The maximum absolute atomic E-state index is 12.0. The van der Waals surface area contributed by atoms with E-state index in [1.54, 1.807) is 0 Å². The first-order valence-corrected chi connectivity index (χ1v) is 7.29. The predicted molar refractivity (Wildman–Crippen MR) is 59.6 cm³/mol. The van der Waals surface area contributed by atoms with Crippen LogP contribution in [0.4, 0.5) is 8.78 Å². The van der Waals surface area contributed by atoms with Crippen molar-refractivity contribution in [2.75, 3.05) is 19.3 Å². The lowest BCUT2D eigenvalue weighted by molar-refractivity contribution is -0.125. The fourth-order valence-electron chi connectivity index (χ4n) is 1.81. The lowest BCUT2D eigenvalue weighted by Crippen LogP contribution is -2.47. The molecule has 1 aliphatic rings. The smallest absolute Gasteiger partial charge is 0.265 e. The van der Waals surface area contributed by atoms with Crippen LogP contribution in [0.1, 0.15) is 12.8 Å². The van der Waals surface area contributed by atoms with Gasteiger partial charge >= 0.3 is 0 Å². The second-order valence-electron chi connectivity index (χ2n) is 4.18. The summed E-state index contributed by atoms with van der Waals surface area (Å²) in [7, 11) is -3.49. The first-order valence-electron chi connectivity index (χ1n) is 5.44. The molecule has 0 aromatic carbocycles. The van der Waals surface area contributed by atoms with E-state index in [1.807, 2.05) is 0 Å². The van der Waals surface area contributed by atoms with E-state index in [0.29, 0.717) is 12.8 Å². The molecular weight excluding hydrogens is 270 g/mol. The highest BCUT2D eigenvalue weighted by Crippen LogP contribution is 2.20. The molecule has 18 heavy (non-hydrogen) atoms. The third kappa shape index (κ3) is 3.85. The minimum absolute atomic E-state index is 0.244. The van der Waals surface area contributed by atoms with Crippen molar-refractivity contribution in [2.24, 2.45) is 0 Å². The van der Waals surface area contributed by atoms with Crippen LogP contribution in [0.25, 0.3) is 0 Å². The molecule has 9 heteroatoms. The number of alkyl halides is 2. The molecule has 0 bridgehead atoms. The summed E-state index contributed by atoms with van der Waals surface area (Å²) < 4.78 is 47.8. The molecule has 2 unspecified atom stereocenters. The largest absolute Gasteiger partial charge is 0.385 e. The van der Waals surface area contributed by atoms with Crippen LogP contribution in [0, 0.1) is 0 Å². The molecule has 1 rings (SSSR count). The van der Waals surface area contributed by atoms with Gasteiger partial charge in [-0.2, -0.15) is 4.31 Å². The van der Waals surface area contributed by atoms with E-state index < -0.39 is 41.0 Å². The van der Waals surface area contributed by atoms with Gasteiger partial charge in [0.25, 0.3) is 6.43 Å². The van der Waals surface area contributed by atoms with Crippen molar-refractivity contribution in [3.05, 3.63) is 0 Å². The Morgan fingerprint density at radius 2 is 2.17 bits per heavy atom. The number of nitrogens with one attached hydrogen (secondary N) is 1. The maximum Gasteiger partial charge on any atom is 0.265 e. The van der Waals surface area contributed by atoms with Gasteiger partial charge in [0.15, 0.2) is 0 Å². The second-order valence-corrected chi connectivity index (χ2v) is 6.11. The minimum Gasteiger partial charge on any atom is -0.385 e. The number of rotatable bonds is 5. The van der Waals surface area contributed by atoms with E-state index >= 15 is 0 Å². The van der Waals surface area contributed by atoms with Crippen molar-refractivity contribution in [1.29, 1.82) is 0 Å². The van der Waals surface area contributed by atoms with Crippen LogP contribution in [0.5, 0.6) is 0 Å². The Morgan fingerprint density at radius 1 is 1.56 bits per heavy atom. The van der Waals surface area contributed by atoms with E-state index in [9.17, 15) is 22.0 Å². The third-order valence-electron chi connectivity index (χ3n) is 2.71. The molecule has 1 amide bonds. The van der Waals surface area contributed by atoms with Crippen molar-refractivity contribution in [1.82, 2.24) is 9.62 Å². The van der Waals surface area contributed by atoms with Crippen LogP contribution >= 0.6 is 0 Å². The number of hydrogen-bond donors (Lipinski definition) is 2. The number of hydrogen-bond acceptors (Lipinski definition) is 4. The average molecular weight is 286 g/mol. The summed E-state index contributed by atoms with van der Waals surface area (Å²) in [5.41, 5.74) is 0. The third-order valence-corrected chi connectivity index (χ3v) is 4.00. The molecular formula is C9H16F2N2O4S. The predicted octanol–water partition coefficient (Wildman–Crippen LogP) is -0.847. The quantitative estimate of drug-likeness (QED) is 0.689. The molecule has 6 nitrogen and oxygen atoms in total. The SMILES string of the molecule is CS(=O)(=O)N1CCCC1C(=O)NCC(O)C(F)F. The molecule has 0 radical (unpaired) electrons. The molecule has 0 aliphatic carbocycles. The Hall–Kier alpha value is -0.800. The Morgan fingerprint density at radius 3 is 2.67 bits per heavy atom. The van der Waals surface area contributed by atoms with Crippen molar-refractivity contribution < 1.29 is 27.1 Å². The number of aliphatic hydroxyl groups is 1. The van der Waals surface area contributed by atoms with E-state index in [1.165, 1.54) is 0 Å². The molecule has 1 heterocycles. The minimum atomic E-state index is -3.49. The highest BCUT2D eigenvalue weighted by atomic mass is 32.2. The van der Waals surface area contributed by atoms with Gasteiger partial charge < -0.3 is 10.4 Å². The molecule has 0 aromatic rings. The van der Waals surface area contributed by atoms with Crippen molar-refractivity contribution in [3.63, 3.8) is 0 Å². The number of carbonyl (C=O) groups excluding carboxylic acids is 1. The fraction of sp³-hybridized carbons (Fsp3) is 0.889. The number of halogens is 2. The zero-order chi connectivity index (χ0) is 13.9. The van der Waals surface area contributed by atoms with Crippen LogP contribution in [-0.2, 0) is 14.8 Å². The van der Waals surface area contributed by atoms with Gasteiger partial charge in [-0.3, -0.25) is 4.79 Å². The molecule has 2 atom stereocenters. The lowest BCUT2D eigenvalue weighted by atomic mass is 10.2. The van der Waals surface area contributed by atoms with Crippen LogP contribution in [-0.4, -0.2) is 61.7 Å². The van der Waals surface area contributed by atoms with E-state index in [0.717, 1.165) is 10.6 Å². The summed E-state index contributed by atoms with van der Waals surface area (Å²) in [5.74, 6) is -0.655. The van der Waals surface area contributed by atoms with Gasteiger partial charge in [0, 0.05) is 13.1 Å². The molecule has 1 saturated heterocycles. The molecule has 1 fully saturated rings. The molecule has 0 aromatic heterocycles. The lowest BCUT2D eigenvalue weighted by Gasteiger charge is -2.21. The number of amides is 1. The topological polar surface area (TPSA) is 86.7 Å². The van der Waals surface area contributed by atoms with Gasteiger partial charge in [-0.1, -0.05) is 0 Å². The Balaban J connectivity index is 2.56. The fourth-order valence-corrected chi connectivity index (χ4v) is 2.94. The average Bonchev–Trinajstić information content (AvgIpc) is 2.73. The summed E-state index contributed by atoms with van der Waals surface area (Å²) in [5, 5.41) is 11.0. The number of aliphatic hydroxyl groups excluding tert-OH is 1. The van der Waals surface area contributed by atoms with Crippen molar-refractivity contribution in [3.8, 4) is 0 Å². The van der Waals surface area contributed by atoms with Crippen molar-refractivity contribution >= 4 is 15.9 Å². The summed E-state index contributed by atoms with van der Waals surface area (Å²) >= 11 is 0. The molecule has 0 spiro atoms. The first-order chi connectivity index (χ1) is 8.23. The maximum atomic E-state index is 12.0. The summed E-state index contributed by atoms with van der Waals surface area (Å²) in [6, 6.07) is -0.870. The van der Waals surface area contributed by atoms with Crippen LogP contribution in [0.15, 0.2) is 0 Å².